The molecule has 0 unspecified atom stereocenters. The Balaban J connectivity index is 3.46. The van der Waals surface area contributed by atoms with Crippen molar-refractivity contribution in [3.8, 4) is 6.07 Å². The summed E-state index contributed by atoms with van der Waals surface area (Å²) in [6.07, 6.45) is -1.36. The first-order chi connectivity index (χ1) is 6.61. The van der Waals surface area contributed by atoms with E-state index in [1.165, 1.54) is 6.20 Å². The average molecular weight is 328 g/mol. The first-order valence-corrected chi connectivity index (χ1v) is 5.14. The van der Waals surface area contributed by atoms with Gasteiger partial charge in [0.05, 0.1) is 5.56 Å². The molecule has 1 heterocycles. The molecule has 6 heteroatoms. The van der Waals surface area contributed by atoms with E-state index in [0.29, 0.717) is 3.57 Å². The molecule has 0 aliphatic carbocycles. The molecule has 0 radical (unpaired) electrons. The Bertz CT molecular complexity index is 390. The second-order valence-corrected chi connectivity index (χ2v) is 3.82. The molecule has 0 amide bonds. The zero-order valence-electron chi connectivity index (χ0n) is 6.77. The summed E-state index contributed by atoms with van der Waals surface area (Å²) in [4.78, 5) is 3.62. The molecule has 1 aromatic heterocycles. The summed E-state index contributed by atoms with van der Waals surface area (Å²) in [5.74, 6) is -0.0465. The van der Waals surface area contributed by atoms with Crippen LogP contribution in [0, 0.1) is 14.9 Å². The van der Waals surface area contributed by atoms with E-state index in [0.717, 1.165) is 0 Å². The molecule has 0 spiro atoms. The van der Waals surface area contributed by atoms with Crippen molar-refractivity contribution >= 4 is 34.2 Å². The summed E-state index contributed by atoms with van der Waals surface area (Å²) in [5, 5.41) is 8.59. The maximum absolute atomic E-state index is 12.6. The van der Waals surface area contributed by atoms with E-state index in [-0.39, 0.29) is 22.7 Å². The van der Waals surface area contributed by atoms with Crippen LogP contribution in [0.3, 0.4) is 0 Å². The molecule has 1 aromatic rings. The molecule has 0 N–H and O–H groups in total. The molecule has 0 bridgehead atoms. The van der Waals surface area contributed by atoms with Crippen LogP contribution in [0.4, 0.5) is 8.78 Å². The van der Waals surface area contributed by atoms with Gasteiger partial charge in [-0.2, -0.15) is 5.26 Å². The number of halogens is 4. The van der Waals surface area contributed by atoms with Crippen molar-refractivity contribution in [1.82, 2.24) is 4.98 Å². The molecular formula is C8H4ClF2IN2. The van der Waals surface area contributed by atoms with Crippen molar-refractivity contribution in [1.29, 1.82) is 5.26 Å². The van der Waals surface area contributed by atoms with Gasteiger partial charge in [0.15, 0.2) is 0 Å². The number of nitrogens with zero attached hydrogens (tertiary/aromatic N) is 2. The van der Waals surface area contributed by atoms with Gasteiger partial charge in [0, 0.05) is 15.6 Å². The number of alkyl halides is 3. The number of nitriles is 1. The smallest absolute Gasteiger partial charge is 0.244 e. The van der Waals surface area contributed by atoms with Crippen molar-refractivity contribution in [3.05, 3.63) is 26.6 Å². The normalized spacial score (nSPS) is 10.3. The Kier molecular flexibility index (Phi) is 4.01. The van der Waals surface area contributed by atoms with Crippen LogP contribution < -0.4 is 0 Å². The van der Waals surface area contributed by atoms with Crippen molar-refractivity contribution in [3.63, 3.8) is 0 Å². The molecule has 0 aliphatic heterocycles. The van der Waals surface area contributed by atoms with Crippen LogP contribution in [-0.4, -0.2) is 4.98 Å². The third kappa shape index (κ3) is 2.12. The maximum atomic E-state index is 12.6. The van der Waals surface area contributed by atoms with Crippen LogP contribution in [0.2, 0.25) is 0 Å². The van der Waals surface area contributed by atoms with Crippen molar-refractivity contribution < 1.29 is 8.78 Å². The highest BCUT2D eigenvalue weighted by atomic mass is 127. The van der Waals surface area contributed by atoms with Gasteiger partial charge in [0.1, 0.15) is 11.8 Å². The minimum atomic E-state index is -2.72. The van der Waals surface area contributed by atoms with E-state index in [1.807, 2.05) is 22.6 Å². The average Bonchev–Trinajstić information content (AvgIpc) is 2.17. The standard InChI is InChI=1S/C8H4ClF2IN2/c9-1-4-5(12)3-14-6(2-13)7(4)8(10)11/h3,8H,1H2. The van der Waals surface area contributed by atoms with Crippen LogP contribution >= 0.6 is 34.2 Å². The van der Waals surface area contributed by atoms with Crippen molar-refractivity contribution in [2.45, 2.75) is 12.3 Å². The molecule has 0 saturated heterocycles. The fraction of sp³-hybridized carbons (Fsp3) is 0.250. The maximum Gasteiger partial charge on any atom is 0.266 e. The largest absolute Gasteiger partial charge is 0.266 e. The third-order valence-corrected chi connectivity index (χ3v) is 2.83. The van der Waals surface area contributed by atoms with Crippen LogP contribution in [0.25, 0.3) is 0 Å². The van der Waals surface area contributed by atoms with Gasteiger partial charge in [-0.05, 0) is 28.2 Å². The predicted molar refractivity (Wildman–Crippen MR) is 56.2 cm³/mol. The van der Waals surface area contributed by atoms with Gasteiger partial charge in [-0.15, -0.1) is 11.6 Å². The summed E-state index contributed by atoms with van der Waals surface area (Å²) in [7, 11) is 0. The summed E-state index contributed by atoms with van der Waals surface area (Å²) < 4.78 is 25.7. The SMILES string of the molecule is N#Cc1ncc(I)c(CCl)c1C(F)F. The number of aromatic nitrogens is 1. The first kappa shape index (κ1) is 11.6. The van der Waals surface area contributed by atoms with E-state index in [1.54, 1.807) is 6.07 Å². The predicted octanol–water partition coefficient (Wildman–Crippen LogP) is 3.23. The molecule has 0 atom stereocenters. The number of hydrogen-bond acceptors (Lipinski definition) is 2. The highest BCUT2D eigenvalue weighted by Crippen LogP contribution is 2.29. The first-order valence-electron chi connectivity index (χ1n) is 3.53. The fourth-order valence-electron chi connectivity index (χ4n) is 1.00. The highest BCUT2D eigenvalue weighted by Gasteiger charge is 2.20. The molecule has 0 aromatic carbocycles. The zero-order valence-corrected chi connectivity index (χ0v) is 9.68. The van der Waals surface area contributed by atoms with Gasteiger partial charge in [0.25, 0.3) is 6.43 Å². The lowest BCUT2D eigenvalue weighted by atomic mass is 10.1. The van der Waals surface area contributed by atoms with Gasteiger partial charge in [-0.3, -0.25) is 0 Å². The van der Waals surface area contributed by atoms with Crippen molar-refractivity contribution in [2.24, 2.45) is 0 Å². The van der Waals surface area contributed by atoms with Crippen LogP contribution in [-0.2, 0) is 5.88 Å². The Morgan fingerprint density at radius 3 is 2.71 bits per heavy atom. The van der Waals surface area contributed by atoms with Crippen LogP contribution in [0.1, 0.15) is 23.2 Å². The quantitative estimate of drug-likeness (QED) is 0.617. The fourth-order valence-corrected chi connectivity index (χ4v) is 2.13. The summed E-state index contributed by atoms with van der Waals surface area (Å²) >= 11 is 7.40. The lowest BCUT2D eigenvalue weighted by Gasteiger charge is -2.08. The molecule has 0 saturated carbocycles. The Labute approximate surface area is 98.0 Å². The summed E-state index contributed by atoms with van der Waals surface area (Å²) in [6.45, 7) is 0. The Hall–Kier alpha value is -0.480. The van der Waals surface area contributed by atoms with Crippen LogP contribution in [0.5, 0.6) is 0 Å². The molecule has 0 fully saturated rings. The monoisotopic (exact) mass is 328 g/mol. The number of rotatable bonds is 2. The molecular weight excluding hydrogens is 324 g/mol. The zero-order chi connectivity index (χ0) is 10.7. The van der Waals surface area contributed by atoms with Gasteiger partial charge in [0.2, 0.25) is 0 Å². The summed E-state index contributed by atoms with van der Waals surface area (Å²) in [6, 6.07) is 1.63. The second-order valence-electron chi connectivity index (χ2n) is 2.39. The second kappa shape index (κ2) is 4.84. The lowest BCUT2D eigenvalue weighted by Crippen LogP contribution is -2.02. The van der Waals surface area contributed by atoms with Gasteiger partial charge in [-0.25, -0.2) is 13.8 Å². The molecule has 1 rings (SSSR count). The van der Waals surface area contributed by atoms with E-state index < -0.39 is 6.43 Å². The molecule has 2 nitrogen and oxygen atoms in total. The topological polar surface area (TPSA) is 36.7 Å². The van der Waals surface area contributed by atoms with E-state index in [9.17, 15) is 8.78 Å². The number of pyridine rings is 1. The summed E-state index contributed by atoms with van der Waals surface area (Å²) in [5.41, 5.74) is -0.320. The molecule has 14 heavy (non-hydrogen) atoms. The highest BCUT2D eigenvalue weighted by molar-refractivity contribution is 14.1. The van der Waals surface area contributed by atoms with E-state index in [4.69, 9.17) is 16.9 Å². The van der Waals surface area contributed by atoms with E-state index >= 15 is 0 Å². The Morgan fingerprint density at radius 2 is 2.29 bits per heavy atom. The van der Waals surface area contributed by atoms with Gasteiger partial charge in [-0.1, -0.05) is 0 Å². The third-order valence-electron chi connectivity index (χ3n) is 1.63. The lowest BCUT2D eigenvalue weighted by molar-refractivity contribution is 0.149. The molecule has 74 valence electrons. The van der Waals surface area contributed by atoms with E-state index in [2.05, 4.69) is 4.98 Å². The Morgan fingerprint density at radius 1 is 1.64 bits per heavy atom. The number of hydrogen-bond donors (Lipinski definition) is 0. The minimum Gasteiger partial charge on any atom is -0.244 e. The van der Waals surface area contributed by atoms with Crippen LogP contribution in [0.15, 0.2) is 6.20 Å². The minimum absolute atomic E-state index is 0.0465. The van der Waals surface area contributed by atoms with Crippen molar-refractivity contribution in [2.75, 3.05) is 0 Å². The van der Waals surface area contributed by atoms with Gasteiger partial charge >= 0.3 is 0 Å². The molecule has 0 aliphatic rings. The van der Waals surface area contributed by atoms with Gasteiger partial charge < -0.3 is 0 Å².